The van der Waals surface area contributed by atoms with E-state index in [1.54, 1.807) is 0 Å². The number of carbonyl (C=O) groups is 1. The van der Waals surface area contributed by atoms with Crippen LogP contribution in [0.1, 0.15) is 52.9 Å². The van der Waals surface area contributed by atoms with Gasteiger partial charge in [0.05, 0.1) is 12.0 Å². The molecule has 0 heterocycles. The Morgan fingerprint density at radius 1 is 1.31 bits per heavy atom. The average molecular weight is 226 g/mol. The highest BCUT2D eigenvalue weighted by molar-refractivity contribution is 5.74. The molecule has 0 aromatic rings. The van der Waals surface area contributed by atoms with Gasteiger partial charge in [-0.05, 0) is 58.3 Å². The molecule has 0 amide bonds. The normalized spacial score (nSPS) is 32.5. The molecule has 2 atom stereocenters. The van der Waals surface area contributed by atoms with E-state index in [4.69, 9.17) is 4.74 Å². The molecule has 2 fully saturated rings. The van der Waals surface area contributed by atoms with Crippen molar-refractivity contribution < 1.29 is 14.6 Å². The molecular formula is C13H22O3. The second kappa shape index (κ2) is 3.73. The second-order valence-corrected chi connectivity index (χ2v) is 6.38. The van der Waals surface area contributed by atoms with Crippen molar-refractivity contribution in [3.63, 3.8) is 0 Å². The maximum Gasteiger partial charge on any atom is 0.310 e. The fourth-order valence-electron chi connectivity index (χ4n) is 2.83. The fourth-order valence-corrected chi connectivity index (χ4v) is 2.83. The van der Waals surface area contributed by atoms with Crippen molar-refractivity contribution in [1.82, 2.24) is 0 Å². The van der Waals surface area contributed by atoms with Gasteiger partial charge in [-0.25, -0.2) is 0 Å². The van der Waals surface area contributed by atoms with Gasteiger partial charge < -0.3 is 9.84 Å². The van der Waals surface area contributed by atoms with E-state index in [1.165, 1.54) is 0 Å². The third-order valence-electron chi connectivity index (χ3n) is 3.75. The topological polar surface area (TPSA) is 46.5 Å². The molecule has 1 N–H and O–H groups in total. The zero-order valence-electron chi connectivity index (χ0n) is 10.5. The van der Waals surface area contributed by atoms with E-state index in [1.807, 2.05) is 20.8 Å². The van der Waals surface area contributed by atoms with Crippen LogP contribution in [0.3, 0.4) is 0 Å². The molecule has 3 nitrogen and oxygen atoms in total. The Morgan fingerprint density at radius 2 is 1.94 bits per heavy atom. The third kappa shape index (κ3) is 2.40. The first-order valence-corrected chi connectivity index (χ1v) is 6.23. The van der Waals surface area contributed by atoms with Gasteiger partial charge in [-0.1, -0.05) is 0 Å². The van der Waals surface area contributed by atoms with Crippen molar-refractivity contribution in [2.45, 2.75) is 64.6 Å². The van der Waals surface area contributed by atoms with E-state index >= 15 is 0 Å². The van der Waals surface area contributed by atoms with Crippen LogP contribution in [0.2, 0.25) is 0 Å². The van der Waals surface area contributed by atoms with Crippen molar-refractivity contribution in [1.29, 1.82) is 0 Å². The minimum absolute atomic E-state index is 0.0233. The van der Waals surface area contributed by atoms with Crippen molar-refractivity contribution in [2.75, 3.05) is 0 Å². The summed E-state index contributed by atoms with van der Waals surface area (Å²) >= 11 is 0. The Kier molecular flexibility index (Phi) is 2.77. The molecule has 2 aliphatic rings. The highest BCUT2D eigenvalue weighted by Crippen LogP contribution is 2.59. The number of hydrogen-bond donors (Lipinski definition) is 1. The van der Waals surface area contributed by atoms with Crippen molar-refractivity contribution >= 4 is 5.97 Å². The second-order valence-electron chi connectivity index (χ2n) is 6.38. The summed E-state index contributed by atoms with van der Waals surface area (Å²) in [4.78, 5) is 12.1. The molecule has 92 valence electrons. The SMILES string of the molecule is CC(C)(C)OC(=O)C1CCC(O)CC12CC2. The van der Waals surface area contributed by atoms with E-state index in [0.717, 1.165) is 32.1 Å². The number of ether oxygens (including phenoxy) is 1. The molecule has 0 aromatic carbocycles. The van der Waals surface area contributed by atoms with Crippen LogP contribution in [-0.2, 0) is 9.53 Å². The summed E-state index contributed by atoms with van der Waals surface area (Å²) in [5, 5.41) is 9.66. The van der Waals surface area contributed by atoms with Crippen LogP contribution in [0.25, 0.3) is 0 Å². The van der Waals surface area contributed by atoms with Gasteiger partial charge in [0, 0.05) is 0 Å². The quantitative estimate of drug-likeness (QED) is 0.698. The Bertz CT molecular complexity index is 286. The number of carbonyl (C=O) groups excluding carboxylic acids is 1. The maximum atomic E-state index is 12.1. The summed E-state index contributed by atoms with van der Waals surface area (Å²) < 4.78 is 5.47. The van der Waals surface area contributed by atoms with Crippen LogP contribution >= 0.6 is 0 Å². The average Bonchev–Trinajstić information content (AvgIpc) is 2.81. The molecule has 3 heteroatoms. The predicted octanol–water partition coefficient (Wildman–Crippen LogP) is 2.27. The van der Waals surface area contributed by atoms with Gasteiger partial charge in [0.2, 0.25) is 0 Å². The lowest BCUT2D eigenvalue weighted by Gasteiger charge is -2.34. The van der Waals surface area contributed by atoms with Gasteiger partial charge in [0.25, 0.3) is 0 Å². The molecule has 16 heavy (non-hydrogen) atoms. The molecule has 1 spiro atoms. The molecule has 0 aliphatic heterocycles. The highest BCUT2D eigenvalue weighted by Gasteiger charge is 2.55. The third-order valence-corrected chi connectivity index (χ3v) is 3.75. The summed E-state index contributed by atoms with van der Waals surface area (Å²) in [5.41, 5.74) is -0.316. The van der Waals surface area contributed by atoms with E-state index in [-0.39, 0.29) is 23.4 Å². The summed E-state index contributed by atoms with van der Waals surface area (Å²) in [6.07, 6.45) is 4.27. The van der Waals surface area contributed by atoms with Crippen LogP contribution in [0.15, 0.2) is 0 Å². The number of hydrogen-bond acceptors (Lipinski definition) is 3. The number of aliphatic hydroxyl groups is 1. The van der Waals surface area contributed by atoms with Crippen molar-refractivity contribution in [3.05, 3.63) is 0 Å². The van der Waals surface area contributed by atoms with Crippen molar-refractivity contribution in [2.24, 2.45) is 11.3 Å². The van der Waals surface area contributed by atoms with Gasteiger partial charge >= 0.3 is 5.97 Å². The fraction of sp³-hybridized carbons (Fsp3) is 0.923. The predicted molar refractivity (Wildman–Crippen MR) is 60.9 cm³/mol. The maximum absolute atomic E-state index is 12.1. The van der Waals surface area contributed by atoms with Gasteiger partial charge in [-0.3, -0.25) is 4.79 Å². The first-order chi connectivity index (χ1) is 7.32. The molecule has 2 unspecified atom stereocenters. The Balaban J connectivity index is 2.01. The van der Waals surface area contributed by atoms with Gasteiger partial charge in [0.15, 0.2) is 0 Å². The van der Waals surface area contributed by atoms with Crippen LogP contribution in [0.5, 0.6) is 0 Å². The molecule has 2 rings (SSSR count). The minimum Gasteiger partial charge on any atom is -0.460 e. The van der Waals surface area contributed by atoms with Crippen LogP contribution in [-0.4, -0.2) is 22.8 Å². The lowest BCUT2D eigenvalue weighted by atomic mass is 9.75. The van der Waals surface area contributed by atoms with Crippen LogP contribution < -0.4 is 0 Å². The minimum atomic E-state index is -0.400. The standard InChI is InChI=1S/C13H22O3/c1-12(2,3)16-11(15)10-5-4-9(14)8-13(10)6-7-13/h9-10,14H,4-8H2,1-3H3. The molecular weight excluding hydrogens is 204 g/mol. The Morgan fingerprint density at radius 3 is 2.44 bits per heavy atom. The number of esters is 1. The molecule has 2 saturated carbocycles. The van der Waals surface area contributed by atoms with E-state index in [2.05, 4.69) is 0 Å². The van der Waals surface area contributed by atoms with Gasteiger partial charge in [-0.15, -0.1) is 0 Å². The van der Waals surface area contributed by atoms with E-state index < -0.39 is 5.60 Å². The summed E-state index contributed by atoms with van der Waals surface area (Å²) in [5.74, 6) is -0.0352. The monoisotopic (exact) mass is 226 g/mol. The van der Waals surface area contributed by atoms with Crippen LogP contribution in [0, 0.1) is 11.3 Å². The zero-order valence-corrected chi connectivity index (χ0v) is 10.5. The van der Waals surface area contributed by atoms with Crippen molar-refractivity contribution in [3.8, 4) is 0 Å². The Hall–Kier alpha value is -0.570. The summed E-state index contributed by atoms with van der Waals surface area (Å²) in [7, 11) is 0. The van der Waals surface area contributed by atoms with Crippen LogP contribution in [0.4, 0.5) is 0 Å². The van der Waals surface area contributed by atoms with Gasteiger partial charge in [-0.2, -0.15) is 0 Å². The molecule has 0 bridgehead atoms. The van der Waals surface area contributed by atoms with E-state index in [0.29, 0.717) is 0 Å². The first kappa shape index (κ1) is 11.9. The lowest BCUT2D eigenvalue weighted by Crippen LogP contribution is -2.38. The van der Waals surface area contributed by atoms with E-state index in [9.17, 15) is 9.90 Å². The van der Waals surface area contributed by atoms with Gasteiger partial charge in [0.1, 0.15) is 5.60 Å². The molecule has 0 saturated heterocycles. The molecule has 0 radical (unpaired) electrons. The molecule has 0 aromatic heterocycles. The lowest BCUT2D eigenvalue weighted by molar-refractivity contribution is -0.165. The zero-order chi connectivity index (χ0) is 12.0. The molecule has 2 aliphatic carbocycles. The summed E-state index contributed by atoms with van der Waals surface area (Å²) in [6.45, 7) is 5.71. The smallest absolute Gasteiger partial charge is 0.310 e. The largest absolute Gasteiger partial charge is 0.460 e. The number of rotatable bonds is 1. The highest BCUT2D eigenvalue weighted by atomic mass is 16.6. The Labute approximate surface area is 97.2 Å². The number of aliphatic hydroxyl groups excluding tert-OH is 1. The summed E-state index contributed by atoms with van der Waals surface area (Å²) in [6, 6.07) is 0. The first-order valence-electron chi connectivity index (χ1n) is 6.23.